The van der Waals surface area contributed by atoms with Crippen LogP contribution in [0, 0.1) is 12.7 Å². The van der Waals surface area contributed by atoms with Gasteiger partial charge in [-0.1, -0.05) is 6.07 Å². The summed E-state index contributed by atoms with van der Waals surface area (Å²) in [7, 11) is 0. The molecule has 0 bridgehead atoms. The molecule has 0 aromatic heterocycles. The van der Waals surface area contributed by atoms with Crippen LogP contribution in [0.3, 0.4) is 0 Å². The zero-order valence-corrected chi connectivity index (χ0v) is 12.0. The minimum absolute atomic E-state index is 0.0434. The summed E-state index contributed by atoms with van der Waals surface area (Å²) in [6.07, 6.45) is 3.21. The molecule has 1 saturated heterocycles. The number of aryl methyl sites for hydroxylation is 1. The van der Waals surface area contributed by atoms with Crippen molar-refractivity contribution < 1.29 is 14.0 Å². The van der Waals surface area contributed by atoms with E-state index in [1.165, 1.54) is 6.07 Å². The van der Waals surface area contributed by atoms with Crippen molar-refractivity contribution >= 4 is 11.7 Å². The standard InChI is InChI=1S/C16H20FNO2/c1-11-6-7-13(10-15(11)17)16(20)18-8-4-3-5-14(18)9-12(2)19/h6-7,10,14H,3-5,8-9H2,1-2H3. The van der Waals surface area contributed by atoms with E-state index in [1.54, 1.807) is 30.9 Å². The SMILES string of the molecule is CC(=O)CC1CCCCN1C(=O)c1ccc(C)c(F)c1. The van der Waals surface area contributed by atoms with Gasteiger partial charge >= 0.3 is 0 Å². The average molecular weight is 277 g/mol. The number of likely N-dealkylation sites (tertiary alicyclic amines) is 1. The number of carbonyl (C=O) groups is 2. The third-order valence-electron chi connectivity index (χ3n) is 3.83. The van der Waals surface area contributed by atoms with Crippen LogP contribution >= 0.6 is 0 Å². The first kappa shape index (κ1) is 14.7. The van der Waals surface area contributed by atoms with Crippen molar-refractivity contribution in [1.82, 2.24) is 4.90 Å². The minimum Gasteiger partial charge on any atom is -0.335 e. The molecule has 0 N–H and O–H groups in total. The summed E-state index contributed by atoms with van der Waals surface area (Å²) in [6, 6.07) is 4.52. The van der Waals surface area contributed by atoms with E-state index in [2.05, 4.69) is 0 Å². The number of carbonyl (C=O) groups excluding carboxylic acids is 2. The molecule has 4 heteroatoms. The van der Waals surface area contributed by atoms with Crippen LogP contribution in [0.15, 0.2) is 18.2 Å². The maximum Gasteiger partial charge on any atom is 0.254 e. The van der Waals surface area contributed by atoms with Gasteiger partial charge in [-0.05, 0) is 50.8 Å². The first-order chi connectivity index (χ1) is 9.49. The van der Waals surface area contributed by atoms with Gasteiger partial charge in [-0.25, -0.2) is 4.39 Å². The van der Waals surface area contributed by atoms with Crippen molar-refractivity contribution in [2.24, 2.45) is 0 Å². The highest BCUT2D eigenvalue weighted by Gasteiger charge is 2.28. The van der Waals surface area contributed by atoms with Gasteiger partial charge in [0.1, 0.15) is 11.6 Å². The predicted molar refractivity (Wildman–Crippen MR) is 75.1 cm³/mol. The van der Waals surface area contributed by atoms with E-state index in [9.17, 15) is 14.0 Å². The smallest absolute Gasteiger partial charge is 0.254 e. The van der Waals surface area contributed by atoms with E-state index >= 15 is 0 Å². The largest absolute Gasteiger partial charge is 0.335 e. The molecule has 108 valence electrons. The van der Waals surface area contributed by atoms with Crippen LogP contribution in [0.1, 0.15) is 48.5 Å². The normalized spacial score (nSPS) is 18.9. The van der Waals surface area contributed by atoms with Gasteiger partial charge in [-0.2, -0.15) is 0 Å². The van der Waals surface area contributed by atoms with Crippen LogP contribution < -0.4 is 0 Å². The molecule has 0 saturated carbocycles. The van der Waals surface area contributed by atoms with E-state index in [4.69, 9.17) is 0 Å². The van der Waals surface area contributed by atoms with Gasteiger partial charge in [0, 0.05) is 24.6 Å². The minimum atomic E-state index is -0.365. The molecule has 1 aliphatic heterocycles. The van der Waals surface area contributed by atoms with Crippen molar-refractivity contribution in [3.8, 4) is 0 Å². The number of hydrogen-bond donors (Lipinski definition) is 0. The summed E-state index contributed by atoms with van der Waals surface area (Å²) in [5, 5.41) is 0. The molecular formula is C16H20FNO2. The number of halogens is 1. The van der Waals surface area contributed by atoms with Crippen LogP contribution in [0.5, 0.6) is 0 Å². The molecule has 1 atom stereocenters. The van der Waals surface area contributed by atoms with Gasteiger partial charge in [-0.3, -0.25) is 9.59 Å². The van der Waals surface area contributed by atoms with Gasteiger partial charge < -0.3 is 4.90 Å². The van der Waals surface area contributed by atoms with Crippen molar-refractivity contribution in [2.45, 2.75) is 45.6 Å². The molecule has 2 rings (SSSR count). The van der Waals surface area contributed by atoms with Crippen LogP contribution in [0.2, 0.25) is 0 Å². The Bertz CT molecular complexity index is 527. The Morgan fingerprint density at radius 1 is 1.35 bits per heavy atom. The van der Waals surface area contributed by atoms with Crippen LogP contribution in [0.25, 0.3) is 0 Å². The molecule has 0 spiro atoms. The summed E-state index contributed by atoms with van der Waals surface area (Å²) in [5.41, 5.74) is 0.893. The zero-order valence-electron chi connectivity index (χ0n) is 12.0. The number of benzene rings is 1. The number of ketones is 1. The van der Waals surface area contributed by atoms with Gasteiger partial charge in [0.05, 0.1) is 0 Å². The lowest BCUT2D eigenvalue weighted by Crippen LogP contribution is -2.44. The zero-order chi connectivity index (χ0) is 14.7. The monoisotopic (exact) mass is 277 g/mol. The Labute approximate surface area is 118 Å². The van der Waals surface area contributed by atoms with Crippen molar-refractivity contribution in [3.63, 3.8) is 0 Å². The average Bonchev–Trinajstić information content (AvgIpc) is 2.41. The first-order valence-electron chi connectivity index (χ1n) is 7.05. The molecule has 0 radical (unpaired) electrons. The Morgan fingerprint density at radius 2 is 2.10 bits per heavy atom. The van der Waals surface area contributed by atoms with Crippen LogP contribution in [0.4, 0.5) is 4.39 Å². The quantitative estimate of drug-likeness (QED) is 0.851. The number of nitrogens with zero attached hydrogens (tertiary/aromatic N) is 1. The summed E-state index contributed by atoms with van der Waals surface area (Å²) >= 11 is 0. The summed E-state index contributed by atoms with van der Waals surface area (Å²) in [6.45, 7) is 3.86. The van der Waals surface area contributed by atoms with Crippen molar-refractivity contribution in [2.75, 3.05) is 6.54 Å². The lowest BCUT2D eigenvalue weighted by atomic mass is 9.96. The van der Waals surface area contributed by atoms with E-state index in [0.717, 1.165) is 19.3 Å². The van der Waals surface area contributed by atoms with E-state index in [1.807, 2.05) is 0 Å². The van der Waals surface area contributed by atoms with E-state index in [-0.39, 0.29) is 23.5 Å². The summed E-state index contributed by atoms with van der Waals surface area (Å²) in [5.74, 6) is -0.449. The highest BCUT2D eigenvalue weighted by atomic mass is 19.1. The fraction of sp³-hybridized carbons (Fsp3) is 0.500. The fourth-order valence-corrected chi connectivity index (χ4v) is 2.70. The van der Waals surface area contributed by atoms with Crippen LogP contribution in [-0.4, -0.2) is 29.2 Å². The number of amides is 1. The third kappa shape index (κ3) is 3.24. The highest BCUT2D eigenvalue weighted by molar-refractivity contribution is 5.95. The molecular weight excluding hydrogens is 257 g/mol. The Morgan fingerprint density at radius 3 is 2.75 bits per heavy atom. The molecule has 0 aliphatic carbocycles. The molecule has 1 aromatic rings. The second kappa shape index (κ2) is 6.16. The van der Waals surface area contributed by atoms with Crippen LogP contribution in [-0.2, 0) is 4.79 Å². The lowest BCUT2D eigenvalue weighted by Gasteiger charge is -2.35. The molecule has 1 unspecified atom stereocenters. The van der Waals surface area contributed by atoms with Gasteiger partial charge in [0.15, 0.2) is 0 Å². The summed E-state index contributed by atoms with van der Waals surface area (Å²) in [4.78, 5) is 25.6. The van der Waals surface area contributed by atoms with E-state index < -0.39 is 0 Å². The number of rotatable bonds is 3. The van der Waals surface area contributed by atoms with Gasteiger partial charge in [0.2, 0.25) is 0 Å². The van der Waals surface area contributed by atoms with Gasteiger partial charge in [-0.15, -0.1) is 0 Å². The number of piperidine rings is 1. The predicted octanol–water partition coefficient (Wildman–Crippen LogP) is 3.11. The Kier molecular flexibility index (Phi) is 4.53. The fourth-order valence-electron chi connectivity index (χ4n) is 2.70. The molecule has 1 fully saturated rings. The van der Waals surface area contributed by atoms with E-state index in [0.29, 0.717) is 24.1 Å². The topological polar surface area (TPSA) is 37.4 Å². The third-order valence-corrected chi connectivity index (χ3v) is 3.83. The molecule has 1 aromatic carbocycles. The summed E-state index contributed by atoms with van der Waals surface area (Å²) < 4.78 is 13.6. The maximum absolute atomic E-state index is 13.6. The Balaban J connectivity index is 2.20. The molecule has 1 heterocycles. The number of hydrogen-bond acceptors (Lipinski definition) is 2. The van der Waals surface area contributed by atoms with Gasteiger partial charge in [0.25, 0.3) is 5.91 Å². The first-order valence-corrected chi connectivity index (χ1v) is 7.05. The molecule has 3 nitrogen and oxygen atoms in total. The lowest BCUT2D eigenvalue weighted by molar-refractivity contribution is -0.118. The second-order valence-corrected chi connectivity index (χ2v) is 5.52. The highest BCUT2D eigenvalue weighted by Crippen LogP contribution is 2.23. The molecule has 1 aliphatic rings. The maximum atomic E-state index is 13.6. The van der Waals surface area contributed by atoms with Crippen molar-refractivity contribution in [3.05, 3.63) is 35.1 Å². The second-order valence-electron chi connectivity index (χ2n) is 5.52. The van der Waals surface area contributed by atoms with Crippen molar-refractivity contribution in [1.29, 1.82) is 0 Å². The number of Topliss-reactive ketones (excluding diaryl/α,β-unsaturated/α-hetero) is 1. The Hall–Kier alpha value is -1.71. The molecule has 1 amide bonds. The molecule has 20 heavy (non-hydrogen) atoms.